The molecule has 1 heterocycles. The number of aliphatic hydroxyl groups is 4. The van der Waals surface area contributed by atoms with Crippen molar-refractivity contribution in [2.24, 2.45) is 0 Å². The van der Waals surface area contributed by atoms with Crippen LogP contribution in [0.4, 0.5) is 0 Å². The molecule has 6 atom stereocenters. The number of esters is 2. The molecule has 0 bridgehead atoms. The Bertz CT molecular complexity index is 1380. The second-order valence-electron chi connectivity index (χ2n) is 14.5. The monoisotopic (exact) mass is 837 g/mol. The largest absolute Gasteiger partial charge is 0.462 e. The second kappa shape index (κ2) is 39.2. The van der Waals surface area contributed by atoms with Gasteiger partial charge in [-0.15, -0.1) is 0 Å². The molecule has 1 rings (SSSR count). The first-order valence-electron chi connectivity index (χ1n) is 22.2. The third-order valence-corrected chi connectivity index (χ3v) is 9.22. The summed E-state index contributed by atoms with van der Waals surface area (Å²) in [6.45, 7) is 3.04. The topological polar surface area (TPSA) is 152 Å². The van der Waals surface area contributed by atoms with Gasteiger partial charge in [0.25, 0.3) is 0 Å². The summed E-state index contributed by atoms with van der Waals surface area (Å²) in [5, 5.41) is 40.0. The Morgan fingerprint density at radius 2 is 1.03 bits per heavy atom. The van der Waals surface area contributed by atoms with E-state index in [0.717, 1.165) is 77.0 Å². The summed E-state index contributed by atoms with van der Waals surface area (Å²) in [5.74, 6) is -0.926. The Morgan fingerprint density at radius 1 is 0.533 bits per heavy atom. The minimum absolute atomic E-state index is 0.122. The molecule has 1 aliphatic heterocycles. The van der Waals surface area contributed by atoms with Gasteiger partial charge < -0.3 is 39.4 Å². The minimum atomic E-state index is -1.62. The average Bonchev–Trinajstić information content (AvgIpc) is 3.25. The number of unbranched alkanes of at least 4 members (excludes halogenated alkanes) is 7. The van der Waals surface area contributed by atoms with E-state index < -0.39 is 55.4 Å². The molecule has 0 aliphatic carbocycles. The van der Waals surface area contributed by atoms with Crippen LogP contribution in [0.25, 0.3) is 0 Å². The first-order valence-corrected chi connectivity index (χ1v) is 22.2. The van der Waals surface area contributed by atoms with Crippen molar-refractivity contribution in [1.29, 1.82) is 0 Å². The van der Waals surface area contributed by atoms with Gasteiger partial charge >= 0.3 is 11.9 Å². The molecule has 0 saturated carbocycles. The zero-order valence-corrected chi connectivity index (χ0v) is 36.4. The minimum Gasteiger partial charge on any atom is -0.462 e. The summed E-state index contributed by atoms with van der Waals surface area (Å²) in [6, 6.07) is 0. The lowest BCUT2D eigenvalue weighted by atomic mass is 9.99. The normalized spacial score (nSPS) is 21.1. The Hall–Kier alpha value is -3.90. The number of carbonyl (C=O) groups excluding carboxylic acids is 2. The number of hydrogen-bond acceptors (Lipinski definition) is 10. The maximum atomic E-state index is 12.7. The van der Waals surface area contributed by atoms with Crippen molar-refractivity contribution in [2.45, 2.75) is 160 Å². The first-order chi connectivity index (χ1) is 29.3. The van der Waals surface area contributed by atoms with Gasteiger partial charge in [-0.25, -0.2) is 0 Å². The summed E-state index contributed by atoms with van der Waals surface area (Å²) in [4.78, 5) is 25.3. The lowest BCUT2D eigenvalue weighted by Gasteiger charge is -2.39. The van der Waals surface area contributed by atoms with Crippen molar-refractivity contribution in [3.05, 3.63) is 122 Å². The molecule has 0 aromatic heterocycles. The fourth-order valence-electron chi connectivity index (χ4n) is 5.77. The maximum Gasteiger partial charge on any atom is 0.306 e. The predicted octanol–water partition coefficient (Wildman–Crippen LogP) is 9.49. The lowest BCUT2D eigenvalue weighted by Crippen LogP contribution is -2.59. The summed E-state index contributed by atoms with van der Waals surface area (Å²) in [6.07, 6.45) is 47.9. The van der Waals surface area contributed by atoms with E-state index >= 15 is 0 Å². The molecule has 60 heavy (non-hydrogen) atoms. The van der Waals surface area contributed by atoms with Gasteiger partial charge in [-0.1, -0.05) is 161 Å². The summed E-state index contributed by atoms with van der Waals surface area (Å²) >= 11 is 0. The van der Waals surface area contributed by atoms with Gasteiger partial charge in [-0.2, -0.15) is 0 Å². The van der Waals surface area contributed by atoms with Gasteiger partial charge in [0.1, 0.15) is 31.0 Å². The van der Waals surface area contributed by atoms with Crippen LogP contribution in [0.5, 0.6) is 0 Å². The molecule has 0 aromatic carbocycles. The molecule has 1 saturated heterocycles. The van der Waals surface area contributed by atoms with E-state index in [4.69, 9.17) is 18.9 Å². The van der Waals surface area contributed by atoms with Gasteiger partial charge in [0.2, 0.25) is 0 Å². The van der Waals surface area contributed by atoms with Crippen molar-refractivity contribution in [1.82, 2.24) is 0 Å². The van der Waals surface area contributed by atoms with Crippen LogP contribution in [0.2, 0.25) is 0 Å². The van der Waals surface area contributed by atoms with Gasteiger partial charge in [-0.3, -0.25) is 9.59 Å². The molecule has 0 spiro atoms. The molecule has 4 N–H and O–H groups in total. The molecular weight excluding hydrogens is 761 g/mol. The Labute approximate surface area is 361 Å². The third-order valence-electron chi connectivity index (χ3n) is 9.22. The predicted molar refractivity (Wildman–Crippen MR) is 242 cm³/mol. The van der Waals surface area contributed by atoms with Crippen LogP contribution in [-0.4, -0.2) is 89.0 Å². The van der Waals surface area contributed by atoms with Crippen LogP contribution < -0.4 is 0 Å². The molecule has 336 valence electrons. The first kappa shape index (κ1) is 54.1. The third kappa shape index (κ3) is 30.2. The number of aliphatic hydroxyl groups excluding tert-OH is 4. The van der Waals surface area contributed by atoms with Crippen molar-refractivity contribution in [3.63, 3.8) is 0 Å². The molecule has 1 fully saturated rings. The van der Waals surface area contributed by atoms with Gasteiger partial charge in [0.05, 0.1) is 13.2 Å². The highest BCUT2D eigenvalue weighted by Gasteiger charge is 2.44. The molecule has 0 aromatic rings. The van der Waals surface area contributed by atoms with Gasteiger partial charge in [-0.05, 0) is 70.6 Å². The van der Waals surface area contributed by atoms with Crippen LogP contribution in [-0.2, 0) is 28.5 Å². The number of allylic oxidation sites excluding steroid dienone is 20. The van der Waals surface area contributed by atoms with Crippen LogP contribution in [0, 0.1) is 0 Å². The quantitative estimate of drug-likeness (QED) is 0.0214. The van der Waals surface area contributed by atoms with E-state index in [9.17, 15) is 30.0 Å². The number of carbonyl (C=O) groups is 2. The van der Waals surface area contributed by atoms with E-state index in [0.29, 0.717) is 19.3 Å². The van der Waals surface area contributed by atoms with Gasteiger partial charge in [0.15, 0.2) is 12.4 Å². The fraction of sp³-hybridized carbons (Fsp3) is 0.560. The van der Waals surface area contributed by atoms with Crippen molar-refractivity contribution >= 4 is 11.9 Å². The number of rotatable bonds is 34. The summed E-state index contributed by atoms with van der Waals surface area (Å²) in [5.41, 5.74) is 0. The summed E-state index contributed by atoms with van der Waals surface area (Å²) in [7, 11) is 0. The Morgan fingerprint density at radius 3 is 1.63 bits per heavy atom. The number of hydrogen-bond donors (Lipinski definition) is 4. The Kier molecular flexibility index (Phi) is 35.4. The molecule has 3 unspecified atom stereocenters. The van der Waals surface area contributed by atoms with Crippen molar-refractivity contribution in [3.8, 4) is 0 Å². The van der Waals surface area contributed by atoms with E-state index in [2.05, 4.69) is 80.7 Å². The Balaban J connectivity index is 2.37. The highest BCUT2D eigenvalue weighted by Crippen LogP contribution is 2.22. The van der Waals surface area contributed by atoms with Crippen LogP contribution >= 0.6 is 0 Å². The van der Waals surface area contributed by atoms with Crippen LogP contribution in [0.3, 0.4) is 0 Å². The van der Waals surface area contributed by atoms with Crippen LogP contribution in [0.15, 0.2) is 122 Å². The smallest absolute Gasteiger partial charge is 0.306 e. The molecule has 1 aliphatic rings. The average molecular weight is 837 g/mol. The highest BCUT2D eigenvalue weighted by atomic mass is 16.7. The second-order valence-corrected chi connectivity index (χ2v) is 14.5. The fourth-order valence-corrected chi connectivity index (χ4v) is 5.77. The van der Waals surface area contributed by atoms with Gasteiger partial charge in [0, 0.05) is 12.8 Å². The van der Waals surface area contributed by atoms with E-state index in [-0.39, 0.29) is 26.1 Å². The zero-order chi connectivity index (χ0) is 43.7. The molecular formula is C50H76O10. The van der Waals surface area contributed by atoms with E-state index in [1.165, 1.54) is 0 Å². The van der Waals surface area contributed by atoms with Crippen molar-refractivity contribution in [2.75, 3.05) is 19.8 Å². The zero-order valence-electron chi connectivity index (χ0n) is 36.4. The SMILES string of the molecule is CC/C=C/C=C/C=C/C=C/C=C/CCCC(=O)OC(COC(=O)CCCCCCCC/C=C/C/C=C/C/C=C/C/C=C/C/C=C/CC)CO[C@H]1O[C@@H](CO)[C@@H](O)C(O)C1O. The standard InChI is InChI=1S/C50H76O10/c1-3-5-7-9-11-13-15-17-18-19-20-21-22-23-24-25-27-28-30-32-34-36-38-45(52)57-41-43(42-58-50-49(56)48(55)47(54)44(40-51)60-50)59-46(53)39-37-35-33-31-29-26-16-14-12-10-8-6-4-2/h5-8,10-14,16-18,20-21,23-24,26,29,31,33,43-44,47-51,54-56H,3-4,9,15,19,22,25,27-28,30,32,34-42H2,1-2H3/b7-5+,8-6+,12-10+,13-11+,16-14+,18-17+,21-20+,24-23+,29-26+,33-31+/t43?,44-,47+,48?,49?,50-/m0/s1. The molecule has 0 amide bonds. The van der Waals surface area contributed by atoms with Crippen molar-refractivity contribution < 1.29 is 49.0 Å². The maximum absolute atomic E-state index is 12.7. The molecule has 0 radical (unpaired) electrons. The number of ether oxygens (including phenoxy) is 4. The lowest BCUT2D eigenvalue weighted by molar-refractivity contribution is -0.305. The highest BCUT2D eigenvalue weighted by molar-refractivity contribution is 5.70. The van der Waals surface area contributed by atoms with Crippen LogP contribution in [0.1, 0.15) is 123 Å². The summed E-state index contributed by atoms with van der Waals surface area (Å²) < 4.78 is 22.0. The molecule has 10 nitrogen and oxygen atoms in total. The van der Waals surface area contributed by atoms with E-state index in [1.807, 2.05) is 54.7 Å². The van der Waals surface area contributed by atoms with E-state index in [1.54, 1.807) is 0 Å². The molecule has 10 heteroatoms.